The van der Waals surface area contributed by atoms with Crippen LogP contribution in [0.15, 0.2) is 34.6 Å². The van der Waals surface area contributed by atoms with Crippen molar-refractivity contribution in [3.63, 3.8) is 0 Å². The predicted molar refractivity (Wildman–Crippen MR) is 119 cm³/mol. The first-order valence-corrected chi connectivity index (χ1v) is 9.43. The van der Waals surface area contributed by atoms with Crippen molar-refractivity contribution in [2.75, 3.05) is 20.6 Å². The molecule has 1 heterocycles. The number of thiazole rings is 1. The molecule has 0 aliphatic rings. The van der Waals surface area contributed by atoms with E-state index in [1.807, 2.05) is 19.1 Å². The van der Waals surface area contributed by atoms with Crippen LogP contribution < -0.4 is 10.6 Å². The highest BCUT2D eigenvalue weighted by atomic mass is 127. The van der Waals surface area contributed by atoms with E-state index in [2.05, 4.69) is 20.6 Å². The van der Waals surface area contributed by atoms with Gasteiger partial charge in [0.2, 0.25) is 0 Å². The van der Waals surface area contributed by atoms with Crippen LogP contribution >= 0.6 is 35.3 Å². The van der Waals surface area contributed by atoms with Gasteiger partial charge in [-0.1, -0.05) is 12.1 Å². The minimum atomic E-state index is -4.44. The summed E-state index contributed by atoms with van der Waals surface area (Å²) in [6.07, 6.45) is -4.44. The molecule has 0 aliphatic carbocycles. The lowest BCUT2D eigenvalue weighted by Gasteiger charge is -2.11. The number of alkyl halides is 3. The molecule has 0 radical (unpaired) electrons. The van der Waals surface area contributed by atoms with Gasteiger partial charge in [-0.2, -0.15) is 13.2 Å². The minimum absolute atomic E-state index is 0. The molecule has 0 spiro atoms. The van der Waals surface area contributed by atoms with Crippen LogP contribution in [0.2, 0.25) is 0 Å². The molecule has 0 aliphatic heterocycles. The molecule has 2 N–H and O–H groups in total. The Balaban J connectivity index is 0.00000420. The lowest BCUT2D eigenvalue weighted by molar-refractivity contribution is -0.140. The Kier molecular flexibility index (Phi) is 9.83. The maximum atomic E-state index is 12.6. The Morgan fingerprint density at radius 3 is 2.38 bits per heavy atom. The van der Waals surface area contributed by atoms with Crippen LogP contribution in [0.3, 0.4) is 0 Å². The zero-order chi connectivity index (χ0) is 20.7. The summed E-state index contributed by atoms with van der Waals surface area (Å²) in [4.78, 5) is 21.4. The quantitative estimate of drug-likeness (QED) is 0.332. The fourth-order valence-electron chi connectivity index (χ4n) is 2.20. The van der Waals surface area contributed by atoms with Gasteiger partial charge in [0.25, 0.3) is 5.91 Å². The van der Waals surface area contributed by atoms with E-state index in [4.69, 9.17) is 0 Å². The Morgan fingerprint density at radius 2 is 1.86 bits per heavy atom. The number of rotatable bonds is 6. The van der Waals surface area contributed by atoms with Gasteiger partial charge in [-0.15, -0.1) is 35.3 Å². The zero-order valence-electron chi connectivity index (χ0n) is 16.2. The normalized spacial score (nSPS) is 11.6. The standard InChI is InChI=1S/C18H22F3N5OS.HI/c1-4-22-17(24-10-15-25-14(11-28-15)18(19,20)21)23-9-12-5-7-13(8-6-12)16(27)26(2)3;/h5-8,11H,4,9-10H2,1-3H3,(H2,22,23,24);1H. The molecule has 0 atom stereocenters. The molecule has 29 heavy (non-hydrogen) atoms. The number of hydrogen-bond donors (Lipinski definition) is 2. The number of halogens is 4. The lowest BCUT2D eigenvalue weighted by atomic mass is 10.1. The molecule has 0 bridgehead atoms. The Bertz CT molecular complexity index is 822. The van der Waals surface area contributed by atoms with E-state index >= 15 is 0 Å². The SMILES string of the molecule is CCNC(=NCc1ccc(C(=O)N(C)C)cc1)NCc1nc(C(F)(F)F)cs1.I. The smallest absolute Gasteiger partial charge is 0.357 e. The van der Waals surface area contributed by atoms with Crippen LogP contribution in [0, 0.1) is 0 Å². The molecule has 1 amide bonds. The first-order chi connectivity index (χ1) is 13.2. The van der Waals surface area contributed by atoms with Crippen LogP contribution in [0.5, 0.6) is 0 Å². The number of carbonyl (C=O) groups excluding carboxylic acids is 1. The van der Waals surface area contributed by atoms with E-state index in [-0.39, 0.29) is 36.4 Å². The molecule has 11 heteroatoms. The van der Waals surface area contributed by atoms with Gasteiger partial charge in [-0.05, 0) is 24.6 Å². The third-order valence-corrected chi connectivity index (χ3v) is 4.47. The fraction of sp³-hybridized carbons (Fsp3) is 0.389. The molecule has 0 unspecified atom stereocenters. The van der Waals surface area contributed by atoms with Gasteiger partial charge in [0.15, 0.2) is 11.7 Å². The van der Waals surface area contributed by atoms with Crippen LogP contribution in [-0.2, 0) is 19.3 Å². The number of amides is 1. The summed E-state index contributed by atoms with van der Waals surface area (Å²) in [5.74, 6) is 0.395. The van der Waals surface area contributed by atoms with Gasteiger partial charge in [-0.25, -0.2) is 9.98 Å². The highest BCUT2D eigenvalue weighted by Crippen LogP contribution is 2.29. The maximum Gasteiger partial charge on any atom is 0.434 e. The van der Waals surface area contributed by atoms with E-state index in [0.717, 1.165) is 22.3 Å². The zero-order valence-corrected chi connectivity index (χ0v) is 19.4. The largest absolute Gasteiger partial charge is 0.434 e. The van der Waals surface area contributed by atoms with Crippen LogP contribution in [0.4, 0.5) is 13.2 Å². The second kappa shape index (κ2) is 11.3. The first-order valence-electron chi connectivity index (χ1n) is 8.55. The topological polar surface area (TPSA) is 69.6 Å². The summed E-state index contributed by atoms with van der Waals surface area (Å²) in [7, 11) is 3.38. The summed E-state index contributed by atoms with van der Waals surface area (Å²) >= 11 is 0.945. The summed E-state index contributed by atoms with van der Waals surface area (Å²) < 4.78 is 37.8. The number of nitrogens with zero attached hydrogens (tertiary/aromatic N) is 3. The summed E-state index contributed by atoms with van der Waals surface area (Å²) in [6.45, 7) is 3.00. The van der Waals surface area contributed by atoms with Crippen molar-refractivity contribution in [3.8, 4) is 0 Å². The molecule has 1 aromatic heterocycles. The number of guanidine groups is 1. The van der Waals surface area contributed by atoms with Gasteiger partial charge in [0, 0.05) is 31.6 Å². The highest BCUT2D eigenvalue weighted by Gasteiger charge is 2.33. The average Bonchev–Trinajstić information content (AvgIpc) is 3.13. The van der Waals surface area contributed by atoms with Gasteiger partial charge < -0.3 is 15.5 Å². The third-order valence-electron chi connectivity index (χ3n) is 3.62. The van der Waals surface area contributed by atoms with Gasteiger partial charge in [0.05, 0.1) is 13.1 Å². The average molecular weight is 541 g/mol. The Morgan fingerprint density at radius 1 is 1.21 bits per heavy atom. The molecule has 0 fully saturated rings. The Labute approximate surface area is 188 Å². The highest BCUT2D eigenvalue weighted by molar-refractivity contribution is 14.0. The summed E-state index contributed by atoms with van der Waals surface area (Å²) in [5.41, 5.74) is 0.608. The Hall–Kier alpha value is -1.89. The van der Waals surface area contributed by atoms with Crippen molar-refractivity contribution in [3.05, 3.63) is 51.5 Å². The van der Waals surface area contributed by atoms with Crippen molar-refractivity contribution in [2.45, 2.75) is 26.2 Å². The molecule has 0 saturated carbocycles. The van der Waals surface area contributed by atoms with Gasteiger partial charge >= 0.3 is 6.18 Å². The maximum absolute atomic E-state index is 12.6. The third kappa shape index (κ3) is 7.80. The van der Waals surface area contributed by atoms with E-state index in [0.29, 0.717) is 29.6 Å². The molecular formula is C18H23F3IN5OS. The van der Waals surface area contributed by atoms with Gasteiger partial charge in [0.1, 0.15) is 5.01 Å². The number of aromatic nitrogens is 1. The van der Waals surface area contributed by atoms with E-state index in [1.165, 1.54) is 4.90 Å². The fourth-order valence-corrected chi connectivity index (χ4v) is 2.95. The molecule has 2 rings (SSSR count). The second-order valence-corrected chi connectivity index (χ2v) is 7.01. The molecule has 160 valence electrons. The van der Waals surface area contributed by atoms with E-state index < -0.39 is 11.9 Å². The lowest BCUT2D eigenvalue weighted by Crippen LogP contribution is -2.36. The molecule has 0 saturated heterocycles. The van der Waals surface area contributed by atoms with Crippen molar-refractivity contribution >= 4 is 47.2 Å². The molecule has 2 aromatic rings. The van der Waals surface area contributed by atoms with Crippen molar-refractivity contribution < 1.29 is 18.0 Å². The van der Waals surface area contributed by atoms with E-state index in [1.54, 1.807) is 26.2 Å². The predicted octanol–water partition coefficient (Wildman–Crippen LogP) is 3.74. The number of nitrogens with one attached hydrogen (secondary N) is 2. The van der Waals surface area contributed by atoms with Crippen LogP contribution in [0.25, 0.3) is 0 Å². The van der Waals surface area contributed by atoms with Crippen LogP contribution in [-0.4, -0.2) is 42.4 Å². The molecule has 6 nitrogen and oxygen atoms in total. The van der Waals surface area contributed by atoms with Crippen LogP contribution in [0.1, 0.15) is 33.5 Å². The first kappa shape index (κ1) is 25.1. The van der Waals surface area contributed by atoms with Crippen molar-refractivity contribution in [2.24, 2.45) is 4.99 Å². The minimum Gasteiger partial charge on any atom is -0.357 e. The molecule has 1 aromatic carbocycles. The monoisotopic (exact) mass is 541 g/mol. The number of aliphatic imine (C=N–C) groups is 1. The summed E-state index contributed by atoms with van der Waals surface area (Å²) in [5, 5.41) is 7.33. The van der Waals surface area contributed by atoms with Crippen molar-refractivity contribution in [1.29, 1.82) is 0 Å². The number of benzene rings is 1. The van der Waals surface area contributed by atoms with E-state index in [9.17, 15) is 18.0 Å². The molecular weight excluding hydrogens is 518 g/mol. The second-order valence-electron chi connectivity index (χ2n) is 6.07. The van der Waals surface area contributed by atoms with Gasteiger partial charge in [-0.3, -0.25) is 4.79 Å². The van der Waals surface area contributed by atoms with Crippen molar-refractivity contribution in [1.82, 2.24) is 20.5 Å². The number of carbonyl (C=O) groups is 1. The summed E-state index contributed by atoms with van der Waals surface area (Å²) in [6, 6.07) is 7.12. The number of hydrogen-bond acceptors (Lipinski definition) is 4.